The van der Waals surface area contributed by atoms with Gasteiger partial charge < -0.3 is 35.5 Å². The third kappa shape index (κ3) is 4.69. The first-order valence-corrected chi connectivity index (χ1v) is 11.8. The Morgan fingerprint density at radius 1 is 1.17 bits per heavy atom. The number of carbonyl (C=O) groups excluding carboxylic acids is 1. The van der Waals surface area contributed by atoms with Gasteiger partial charge in [0.1, 0.15) is 23.7 Å². The van der Waals surface area contributed by atoms with Gasteiger partial charge in [0.05, 0.1) is 23.3 Å². The number of pyridine rings is 2. The first kappa shape index (κ1) is 23.6. The van der Waals surface area contributed by atoms with Crippen LogP contribution in [0, 0.1) is 12.7 Å². The number of benzene rings is 1. The summed E-state index contributed by atoms with van der Waals surface area (Å²) in [5.74, 6) is -0.575. The number of H-pyrrole nitrogens is 1. The molecule has 2 aliphatic heterocycles. The number of likely N-dealkylation sites (N-methyl/N-ethyl adjacent to an activating group) is 1. The lowest BCUT2D eigenvalue weighted by Crippen LogP contribution is -2.44. The number of aromatic nitrogens is 2. The van der Waals surface area contributed by atoms with Crippen LogP contribution >= 0.6 is 0 Å². The third-order valence-electron chi connectivity index (χ3n) is 6.45. The number of amides is 1. The van der Waals surface area contributed by atoms with Crippen molar-refractivity contribution < 1.29 is 13.9 Å². The number of fused-ring (bicyclic) bond motifs is 1. The number of anilines is 5. The van der Waals surface area contributed by atoms with E-state index in [1.807, 2.05) is 18.9 Å². The van der Waals surface area contributed by atoms with E-state index in [-0.39, 0.29) is 11.3 Å². The molecule has 0 aliphatic carbocycles. The van der Waals surface area contributed by atoms with E-state index >= 15 is 0 Å². The number of nitrogens with one attached hydrogen (secondary N) is 4. The van der Waals surface area contributed by atoms with E-state index in [0.717, 1.165) is 37.4 Å². The molecule has 0 bridgehead atoms. The molecule has 1 amide bonds. The Hall–Kier alpha value is -4.12. The molecule has 188 valence electrons. The fraction of sp³-hybridized carbons (Fsp3) is 0.320. The molecule has 0 unspecified atom stereocenters. The van der Waals surface area contributed by atoms with Crippen molar-refractivity contribution in [2.45, 2.75) is 6.92 Å². The first-order valence-electron chi connectivity index (χ1n) is 11.8. The summed E-state index contributed by atoms with van der Waals surface area (Å²) in [5, 5.41) is 9.05. The summed E-state index contributed by atoms with van der Waals surface area (Å²) in [7, 11) is 2.04. The molecule has 5 rings (SSSR count). The SMILES string of the molecule is Cc1c(Nc2cc[nH]c(=O)c2C(=O)Nc2ccc(N3CCN(C)CC3)c(F)c2)cnc2c1NCCO2. The standard InChI is InChI=1S/C25H28FN7O3/c1-15-19(14-29-25-22(15)27-7-12-36-25)31-18-5-6-28-23(34)21(18)24(35)30-16-3-4-20(17(26)13-16)33-10-8-32(2)9-11-33/h3-6,13-14,27H,7-12H2,1-2H3,(H,30,35)(H2,28,31,34). The van der Waals surface area contributed by atoms with E-state index in [4.69, 9.17) is 4.74 Å². The number of carbonyl (C=O) groups is 1. The first-order chi connectivity index (χ1) is 17.4. The summed E-state index contributed by atoms with van der Waals surface area (Å²) in [4.78, 5) is 36.8. The fourth-order valence-electron chi connectivity index (χ4n) is 4.38. The van der Waals surface area contributed by atoms with E-state index in [1.165, 1.54) is 12.3 Å². The average molecular weight is 494 g/mol. The molecule has 0 radical (unpaired) electrons. The fourth-order valence-corrected chi connectivity index (χ4v) is 4.38. The zero-order valence-electron chi connectivity index (χ0n) is 20.2. The van der Waals surface area contributed by atoms with E-state index in [2.05, 4.69) is 30.8 Å². The predicted octanol–water partition coefficient (Wildman–Crippen LogP) is 2.77. The zero-order chi connectivity index (χ0) is 25.2. The van der Waals surface area contributed by atoms with Gasteiger partial charge in [-0.05, 0) is 38.2 Å². The van der Waals surface area contributed by atoms with Crippen molar-refractivity contribution in [3.05, 3.63) is 64.0 Å². The molecule has 0 atom stereocenters. The lowest BCUT2D eigenvalue weighted by atomic mass is 10.1. The van der Waals surface area contributed by atoms with Crippen LogP contribution < -0.4 is 31.1 Å². The number of nitrogens with zero attached hydrogens (tertiary/aromatic N) is 3. The third-order valence-corrected chi connectivity index (χ3v) is 6.45. The number of rotatable bonds is 5. The van der Waals surface area contributed by atoms with Gasteiger partial charge in [0, 0.05) is 50.2 Å². The van der Waals surface area contributed by atoms with Crippen LogP contribution in [0.15, 0.2) is 41.5 Å². The number of ether oxygens (including phenoxy) is 1. The van der Waals surface area contributed by atoms with Crippen LogP contribution in [0.1, 0.15) is 15.9 Å². The normalized spacial score (nSPS) is 15.5. The van der Waals surface area contributed by atoms with Crippen LogP contribution in [0.25, 0.3) is 0 Å². The lowest BCUT2D eigenvalue weighted by Gasteiger charge is -2.34. The molecule has 2 aromatic heterocycles. The van der Waals surface area contributed by atoms with E-state index in [0.29, 0.717) is 36.1 Å². The molecule has 2 aliphatic rings. The van der Waals surface area contributed by atoms with Crippen molar-refractivity contribution in [2.75, 3.05) is 67.2 Å². The Kier molecular flexibility index (Phi) is 6.47. The van der Waals surface area contributed by atoms with Crippen LogP contribution in [0.2, 0.25) is 0 Å². The largest absolute Gasteiger partial charge is 0.474 e. The van der Waals surface area contributed by atoms with Gasteiger partial charge >= 0.3 is 0 Å². The molecule has 1 aromatic carbocycles. The van der Waals surface area contributed by atoms with Crippen LogP contribution in [-0.2, 0) is 0 Å². The lowest BCUT2D eigenvalue weighted by molar-refractivity contribution is 0.102. The van der Waals surface area contributed by atoms with Gasteiger partial charge in [0.2, 0.25) is 5.88 Å². The molecule has 36 heavy (non-hydrogen) atoms. The molecule has 4 heterocycles. The van der Waals surface area contributed by atoms with Gasteiger partial charge in [0.25, 0.3) is 11.5 Å². The second kappa shape index (κ2) is 9.86. The van der Waals surface area contributed by atoms with Crippen LogP contribution in [-0.4, -0.2) is 67.2 Å². The molecule has 3 aromatic rings. The van der Waals surface area contributed by atoms with E-state index in [1.54, 1.807) is 24.4 Å². The number of piperazine rings is 1. The Bertz CT molecular complexity index is 1350. The topological polar surface area (TPSA) is 115 Å². The summed E-state index contributed by atoms with van der Waals surface area (Å²) in [6, 6.07) is 6.17. The van der Waals surface area contributed by atoms with Crippen LogP contribution in [0.5, 0.6) is 5.88 Å². The Labute approximate surface area is 207 Å². The zero-order valence-corrected chi connectivity index (χ0v) is 20.2. The Balaban J connectivity index is 1.37. The van der Waals surface area contributed by atoms with Crippen molar-refractivity contribution in [1.29, 1.82) is 0 Å². The van der Waals surface area contributed by atoms with Crippen molar-refractivity contribution >= 4 is 34.3 Å². The minimum atomic E-state index is -0.656. The minimum absolute atomic E-state index is 0.123. The van der Waals surface area contributed by atoms with Crippen LogP contribution in [0.3, 0.4) is 0 Å². The van der Waals surface area contributed by atoms with Crippen molar-refractivity contribution in [2.24, 2.45) is 0 Å². The highest BCUT2D eigenvalue weighted by Crippen LogP contribution is 2.34. The molecule has 0 spiro atoms. The van der Waals surface area contributed by atoms with Crippen LogP contribution in [0.4, 0.5) is 32.8 Å². The molecular weight excluding hydrogens is 465 g/mol. The number of halogens is 1. The van der Waals surface area contributed by atoms with Crippen molar-refractivity contribution in [3.63, 3.8) is 0 Å². The summed E-state index contributed by atoms with van der Waals surface area (Å²) in [6.45, 7) is 6.24. The van der Waals surface area contributed by atoms with Gasteiger partial charge in [0.15, 0.2) is 0 Å². The molecule has 1 saturated heterocycles. The highest BCUT2D eigenvalue weighted by Gasteiger charge is 2.22. The van der Waals surface area contributed by atoms with Gasteiger partial charge in [-0.2, -0.15) is 0 Å². The smallest absolute Gasteiger partial charge is 0.263 e. The highest BCUT2D eigenvalue weighted by atomic mass is 19.1. The van der Waals surface area contributed by atoms with Crippen molar-refractivity contribution in [1.82, 2.24) is 14.9 Å². The van der Waals surface area contributed by atoms with Crippen molar-refractivity contribution in [3.8, 4) is 5.88 Å². The van der Waals surface area contributed by atoms with E-state index < -0.39 is 17.3 Å². The van der Waals surface area contributed by atoms with E-state index in [9.17, 15) is 14.0 Å². The maximum Gasteiger partial charge on any atom is 0.263 e. The molecule has 4 N–H and O–H groups in total. The highest BCUT2D eigenvalue weighted by molar-refractivity contribution is 6.08. The van der Waals surface area contributed by atoms with Gasteiger partial charge in [-0.15, -0.1) is 0 Å². The summed E-state index contributed by atoms with van der Waals surface area (Å²) < 4.78 is 20.5. The quantitative estimate of drug-likeness (QED) is 0.429. The molecule has 11 heteroatoms. The Morgan fingerprint density at radius 3 is 2.75 bits per heavy atom. The number of aromatic amines is 1. The summed E-state index contributed by atoms with van der Waals surface area (Å²) >= 11 is 0. The Morgan fingerprint density at radius 2 is 1.97 bits per heavy atom. The summed E-state index contributed by atoms with van der Waals surface area (Å²) in [5.41, 5.74) is 2.58. The maximum absolute atomic E-state index is 14.9. The predicted molar refractivity (Wildman–Crippen MR) is 137 cm³/mol. The molecule has 10 nitrogen and oxygen atoms in total. The second-order valence-corrected chi connectivity index (χ2v) is 8.88. The molecular formula is C25H28FN7O3. The molecule has 1 fully saturated rings. The van der Waals surface area contributed by atoms with Gasteiger partial charge in [-0.3, -0.25) is 9.59 Å². The minimum Gasteiger partial charge on any atom is -0.474 e. The number of hydrogen-bond acceptors (Lipinski definition) is 8. The van der Waals surface area contributed by atoms with Gasteiger partial charge in [-0.25, -0.2) is 9.37 Å². The maximum atomic E-state index is 14.9. The average Bonchev–Trinajstić information content (AvgIpc) is 2.87. The number of hydrogen-bond donors (Lipinski definition) is 4. The molecule has 0 saturated carbocycles. The summed E-state index contributed by atoms with van der Waals surface area (Å²) in [6.07, 6.45) is 3.05. The van der Waals surface area contributed by atoms with Gasteiger partial charge in [-0.1, -0.05) is 0 Å². The second-order valence-electron chi connectivity index (χ2n) is 8.88. The monoisotopic (exact) mass is 493 g/mol.